The zero-order valence-electron chi connectivity index (χ0n) is 16.3. The number of aromatic nitrogens is 6. The number of carbonyl (C=O) groups excluding carboxylic acids is 1. The summed E-state index contributed by atoms with van der Waals surface area (Å²) in [4.78, 5) is 15.9. The third kappa shape index (κ3) is 3.92. The van der Waals surface area contributed by atoms with Gasteiger partial charge >= 0.3 is 0 Å². The highest BCUT2D eigenvalue weighted by Gasteiger charge is 2.15. The number of hydrogen-bond acceptors (Lipinski definition) is 5. The Hall–Kier alpha value is -3.58. The minimum atomic E-state index is 0.232. The van der Waals surface area contributed by atoms with Crippen LogP contribution in [-0.4, -0.2) is 36.5 Å². The van der Waals surface area contributed by atoms with Gasteiger partial charge < -0.3 is 4.57 Å². The van der Waals surface area contributed by atoms with Gasteiger partial charge in [-0.15, -0.1) is 5.10 Å². The first-order chi connectivity index (χ1) is 14.7. The van der Waals surface area contributed by atoms with Gasteiger partial charge in [0, 0.05) is 18.5 Å². The first-order valence-corrected chi connectivity index (χ1v) is 9.82. The molecule has 8 heteroatoms. The van der Waals surface area contributed by atoms with E-state index in [9.17, 15) is 4.79 Å². The summed E-state index contributed by atoms with van der Waals surface area (Å²) in [6, 6.07) is 16.1. The summed E-state index contributed by atoms with van der Waals surface area (Å²) in [6.45, 7) is 2.45. The van der Waals surface area contributed by atoms with E-state index in [0.29, 0.717) is 24.5 Å². The lowest BCUT2D eigenvalue weighted by Gasteiger charge is -2.11. The number of halogens is 1. The van der Waals surface area contributed by atoms with E-state index in [1.165, 1.54) is 0 Å². The molecule has 0 aliphatic carbocycles. The molecule has 0 unspecified atom stereocenters. The number of rotatable bonds is 7. The van der Waals surface area contributed by atoms with Gasteiger partial charge in [0.25, 0.3) is 0 Å². The van der Waals surface area contributed by atoms with Gasteiger partial charge in [0.2, 0.25) is 0 Å². The molecule has 0 bridgehead atoms. The van der Waals surface area contributed by atoms with Crippen LogP contribution in [0.4, 0.5) is 0 Å². The van der Waals surface area contributed by atoms with E-state index < -0.39 is 0 Å². The summed E-state index contributed by atoms with van der Waals surface area (Å²) >= 11 is 6.16. The molecule has 150 valence electrons. The Morgan fingerprint density at radius 2 is 1.87 bits per heavy atom. The smallest absolute Gasteiger partial charge is 0.180 e. The number of tetrazole rings is 1. The predicted octanol–water partition coefficient (Wildman–Crippen LogP) is 4.36. The molecule has 2 aromatic carbocycles. The van der Waals surface area contributed by atoms with Crippen LogP contribution in [-0.2, 0) is 13.0 Å². The topological polar surface area (TPSA) is 89.3 Å². The van der Waals surface area contributed by atoms with Gasteiger partial charge in [0.1, 0.15) is 11.5 Å². The number of hydrogen-bond donors (Lipinski definition) is 1. The molecule has 0 saturated heterocycles. The van der Waals surface area contributed by atoms with Crippen LogP contribution in [0.3, 0.4) is 0 Å². The molecule has 0 saturated carbocycles. The average Bonchev–Trinajstić information content (AvgIpc) is 3.41. The van der Waals surface area contributed by atoms with Crippen molar-refractivity contribution in [1.82, 2.24) is 30.2 Å². The summed E-state index contributed by atoms with van der Waals surface area (Å²) < 4.78 is 1.86. The molecule has 30 heavy (non-hydrogen) atoms. The van der Waals surface area contributed by atoms with Crippen LogP contribution in [0.2, 0.25) is 5.15 Å². The lowest BCUT2D eigenvalue weighted by atomic mass is 9.98. The van der Waals surface area contributed by atoms with Crippen LogP contribution in [0.1, 0.15) is 28.8 Å². The minimum Gasteiger partial charge on any atom is -0.320 e. The summed E-state index contributed by atoms with van der Waals surface area (Å²) in [7, 11) is 0. The fraction of sp³-hybridized carbons (Fsp3) is 0.136. The molecular formula is C22H19ClN6O. The van der Waals surface area contributed by atoms with Crippen LogP contribution in [0.5, 0.6) is 0 Å². The van der Waals surface area contributed by atoms with Gasteiger partial charge in [0.15, 0.2) is 17.3 Å². The zero-order valence-corrected chi connectivity index (χ0v) is 17.0. The Morgan fingerprint density at radius 1 is 1.10 bits per heavy atom. The maximum absolute atomic E-state index is 11.5. The number of nitrogens with one attached hydrogen (secondary N) is 1. The molecule has 4 aromatic rings. The van der Waals surface area contributed by atoms with Crippen molar-refractivity contribution < 1.29 is 4.79 Å². The molecule has 0 radical (unpaired) electrons. The standard InChI is InChI=1S/C22H19ClN6O/c1-2-3-8-20-24-21(23)19(14-30)29(20)13-15-9-11-16(12-10-15)17-6-4-5-7-18(17)22-25-27-28-26-22/h2-7,9-12,14H,8,13H2,1H3,(H,25,26,27,28). The summed E-state index contributed by atoms with van der Waals surface area (Å²) in [6.07, 6.45) is 5.30. The monoisotopic (exact) mass is 418 g/mol. The molecule has 0 fully saturated rings. The normalized spacial score (nSPS) is 11.3. The second-order valence-corrected chi connectivity index (χ2v) is 7.03. The molecule has 1 N–H and O–H groups in total. The molecule has 0 aliphatic heterocycles. The van der Waals surface area contributed by atoms with E-state index >= 15 is 0 Å². The van der Waals surface area contributed by atoms with Gasteiger partial charge in [-0.25, -0.2) is 10.1 Å². The van der Waals surface area contributed by atoms with Crippen molar-refractivity contribution in [3.63, 3.8) is 0 Å². The molecule has 4 rings (SSSR count). The Labute approximate surface area is 178 Å². The van der Waals surface area contributed by atoms with Gasteiger partial charge in [-0.3, -0.25) is 4.79 Å². The van der Waals surface area contributed by atoms with E-state index in [2.05, 4.69) is 25.6 Å². The Bertz CT molecular complexity index is 1180. The highest BCUT2D eigenvalue weighted by Crippen LogP contribution is 2.30. The number of benzene rings is 2. The lowest BCUT2D eigenvalue weighted by molar-refractivity contribution is 0.111. The Morgan fingerprint density at radius 3 is 2.53 bits per heavy atom. The number of carbonyl (C=O) groups is 1. The van der Waals surface area contributed by atoms with Crippen LogP contribution >= 0.6 is 11.6 Å². The predicted molar refractivity (Wildman–Crippen MR) is 115 cm³/mol. The summed E-state index contributed by atoms with van der Waals surface area (Å²) in [5.41, 5.74) is 4.42. The van der Waals surface area contributed by atoms with Crippen molar-refractivity contribution in [3.05, 3.63) is 82.9 Å². The van der Waals surface area contributed by atoms with Gasteiger partial charge in [-0.2, -0.15) is 0 Å². The molecule has 2 aromatic heterocycles. The van der Waals surface area contributed by atoms with Gasteiger partial charge in [0.05, 0.1) is 0 Å². The van der Waals surface area contributed by atoms with Crippen molar-refractivity contribution in [2.75, 3.05) is 0 Å². The van der Waals surface area contributed by atoms with Crippen molar-refractivity contribution >= 4 is 17.9 Å². The average molecular weight is 419 g/mol. The molecule has 0 aliphatic rings. The van der Waals surface area contributed by atoms with Crippen LogP contribution in [0.15, 0.2) is 60.7 Å². The second kappa shape index (κ2) is 8.84. The quantitative estimate of drug-likeness (QED) is 0.355. The molecule has 0 spiro atoms. The molecule has 7 nitrogen and oxygen atoms in total. The number of imidazole rings is 1. The SMILES string of the molecule is CC=CCc1nc(Cl)c(C=O)n1Cc1ccc(-c2ccccc2-c2nnn[nH]2)cc1. The van der Waals surface area contributed by atoms with E-state index in [4.69, 9.17) is 11.6 Å². The number of nitrogens with zero attached hydrogens (tertiary/aromatic N) is 5. The van der Waals surface area contributed by atoms with E-state index in [-0.39, 0.29) is 5.15 Å². The van der Waals surface area contributed by atoms with Crippen molar-refractivity contribution in [2.45, 2.75) is 19.9 Å². The summed E-state index contributed by atoms with van der Waals surface area (Å²) in [5.74, 6) is 1.37. The van der Waals surface area contributed by atoms with Crippen molar-refractivity contribution in [2.24, 2.45) is 0 Å². The number of aromatic amines is 1. The maximum Gasteiger partial charge on any atom is 0.180 e. The number of H-pyrrole nitrogens is 1. The minimum absolute atomic E-state index is 0.232. The maximum atomic E-state index is 11.5. The van der Waals surface area contributed by atoms with Crippen molar-refractivity contribution in [3.8, 4) is 22.5 Å². The van der Waals surface area contributed by atoms with E-state index in [1.807, 2.05) is 72.2 Å². The van der Waals surface area contributed by atoms with Crippen LogP contribution in [0.25, 0.3) is 22.5 Å². The first-order valence-electron chi connectivity index (χ1n) is 9.45. The summed E-state index contributed by atoms with van der Waals surface area (Å²) in [5, 5.41) is 14.4. The zero-order chi connectivity index (χ0) is 20.9. The van der Waals surface area contributed by atoms with Crippen LogP contribution in [0, 0.1) is 0 Å². The molecule has 0 atom stereocenters. The van der Waals surface area contributed by atoms with E-state index in [1.54, 1.807) is 0 Å². The van der Waals surface area contributed by atoms with Gasteiger partial charge in [-0.05, 0) is 34.0 Å². The molecular weight excluding hydrogens is 400 g/mol. The molecule has 2 heterocycles. The third-order valence-corrected chi connectivity index (χ3v) is 5.10. The Balaban J connectivity index is 1.65. The number of aldehydes is 1. The largest absolute Gasteiger partial charge is 0.320 e. The first kappa shape index (κ1) is 19.7. The fourth-order valence-corrected chi connectivity index (χ4v) is 3.58. The number of allylic oxidation sites excluding steroid dienone is 2. The van der Waals surface area contributed by atoms with Crippen LogP contribution < -0.4 is 0 Å². The molecule has 0 amide bonds. The Kier molecular flexibility index (Phi) is 5.81. The lowest BCUT2D eigenvalue weighted by Crippen LogP contribution is -2.08. The highest BCUT2D eigenvalue weighted by molar-refractivity contribution is 6.31. The highest BCUT2D eigenvalue weighted by atomic mass is 35.5. The second-order valence-electron chi connectivity index (χ2n) is 6.67. The third-order valence-electron chi connectivity index (χ3n) is 4.82. The van der Waals surface area contributed by atoms with E-state index in [0.717, 1.165) is 34.4 Å². The fourth-order valence-electron chi connectivity index (χ4n) is 3.34. The van der Waals surface area contributed by atoms with Gasteiger partial charge in [-0.1, -0.05) is 72.3 Å². The van der Waals surface area contributed by atoms with Crippen molar-refractivity contribution in [1.29, 1.82) is 0 Å².